The molecule has 0 bridgehead atoms. The van der Waals surface area contributed by atoms with E-state index >= 15 is 0 Å². The van der Waals surface area contributed by atoms with Gasteiger partial charge in [0.1, 0.15) is 0 Å². The van der Waals surface area contributed by atoms with E-state index in [0.717, 1.165) is 17.7 Å². The van der Waals surface area contributed by atoms with Crippen LogP contribution in [0.5, 0.6) is 0 Å². The van der Waals surface area contributed by atoms with E-state index in [-0.39, 0.29) is 12.5 Å². The monoisotopic (exact) mass is 334 g/mol. The average Bonchev–Trinajstić information content (AvgIpc) is 2.55. The first-order valence-corrected chi connectivity index (χ1v) is 7.67. The van der Waals surface area contributed by atoms with Crippen LogP contribution >= 0.6 is 0 Å². The van der Waals surface area contributed by atoms with Gasteiger partial charge in [-0.2, -0.15) is 13.2 Å². The van der Waals surface area contributed by atoms with Gasteiger partial charge in [0.2, 0.25) is 5.91 Å². The highest BCUT2D eigenvalue weighted by Gasteiger charge is 2.32. The summed E-state index contributed by atoms with van der Waals surface area (Å²) in [4.78, 5) is 15.8. The van der Waals surface area contributed by atoms with E-state index in [0.29, 0.717) is 25.3 Å². The summed E-state index contributed by atoms with van der Waals surface area (Å²) in [7, 11) is 0. The van der Waals surface area contributed by atoms with E-state index in [1.807, 2.05) is 35.2 Å². The Labute approximate surface area is 138 Å². The lowest BCUT2D eigenvalue weighted by atomic mass is 10.1. The molecule has 0 N–H and O–H groups in total. The van der Waals surface area contributed by atoms with Gasteiger partial charge in [0.25, 0.3) is 0 Å². The molecule has 0 saturated carbocycles. The molecule has 0 radical (unpaired) electrons. The third kappa shape index (κ3) is 3.76. The molecule has 0 aliphatic carbocycles. The number of hydrogen-bond acceptors (Lipinski definition) is 2. The molecule has 0 atom stereocenters. The quantitative estimate of drug-likeness (QED) is 0.857. The summed E-state index contributed by atoms with van der Waals surface area (Å²) in [5, 5.41) is 0. The number of benzene rings is 2. The van der Waals surface area contributed by atoms with Crippen LogP contribution in [0.1, 0.15) is 11.1 Å². The second-order valence-corrected chi connectivity index (χ2v) is 5.79. The van der Waals surface area contributed by atoms with E-state index in [9.17, 15) is 18.0 Å². The fraction of sp³-hybridized carbons (Fsp3) is 0.278. The molecular weight excluding hydrogens is 317 g/mol. The van der Waals surface area contributed by atoms with E-state index in [4.69, 9.17) is 0 Å². The van der Waals surface area contributed by atoms with Gasteiger partial charge in [0.15, 0.2) is 0 Å². The van der Waals surface area contributed by atoms with E-state index in [1.165, 1.54) is 11.0 Å². The molecule has 1 saturated heterocycles. The number of halogens is 3. The number of piperazine rings is 1. The van der Waals surface area contributed by atoms with Crippen LogP contribution in [0.2, 0.25) is 0 Å². The number of alkyl halides is 3. The predicted octanol–water partition coefficient (Wildman–Crippen LogP) is 3.55. The number of anilines is 1. The Morgan fingerprint density at radius 3 is 2.38 bits per heavy atom. The number of rotatable bonds is 3. The van der Waals surface area contributed by atoms with Gasteiger partial charge in [-0.3, -0.25) is 9.69 Å². The van der Waals surface area contributed by atoms with Crippen molar-refractivity contribution in [1.29, 1.82) is 0 Å². The second-order valence-electron chi connectivity index (χ2n) is 5.79. The van der Waals surface area contributed by atoms with Crippen molar-refractivity contribution < 1.29 is 18.0 Å². The van der Waals surface area contributed by atoms with Crippen molar-refractivity contribution in [2.45, 2.75) is 12.7 Å². The van der Waals surface area contributed by atoms with Gasteiger partial charge in [0, 0.05) is 25.3 Å². The number of amides is 1. The molecule has 1 fully saturated rings. The van der Waals surface area contributed by atoms with Gasteiger partial charge < -0.3 is 4.90 Å². The fourth-order valence-electron chi connectivity index (χ4n) is 2.82. The Kier molecular flexibility index (Phi) is 4.57. The highest BCUT2D eigenvalue weighted by molar-refractivity contribution is 5.95. The largest absolute Gasteiger partial charge is 0.416 e. The van der Waals surface area contributed by atoms with Crippen molar-refractivity contribution >= 4 is 11.6 Å². The smallest absolute Gasteiger partial charge is 0.310 e. The van der Waals surface area contributed by atoms with Gasteiger partial charge in [-0.15, -0.1) is 0 Å². The summed E-state index contributed by atoms with van der Waals surface area (Å²) in [6.07, 6.45) is -4.41. The standard InChI is InChI=1S/C18H17F3N2O/c19-18(20,21)15-7-4-8-16(11-15)23-10-9-22(13-17(23)24)12-14-5-2-1-3-6-14/h1-8,11H,9-10,12-13H2. The van der Waals surface area contributed by atoms with Crippen LogP contribution in [0.15, 0.2) is 54.6 Å². The Balaban J connectivity index is 1.69. The summed E-state index contributed by atoms with van der Waals surface area (Å²) < 4.78 is 38.5. The molecule has 3 rings (SSSR count). The summed E-state index contributed by atoms with van der Waals surface area (Å²) in [5.41, 5.74) is 0.673. The van der Waals surface area contributed by atoms with Crippen molar-refractivity contribution in [3.8, 4) is 0 Å². The zero-order chi connectivity index (χ0) is 17.2. The molecule has 0 unspecified atom stereocenters. The number of carbonyl (C=O) groups is 1. The zero-order valence-electron chi connectivity index (χ0n) is 13.0. The lowest BCUT2D eigenvalue weighted by Crippen LogP contribution is -2.50. The second kappa shape index (κ2) is 6.65. The summed E-state index contributed by atoms with van der Waals surface area (Å²) in [5.74, 6) is -0.184. The van der Waals surface area contributed by atoms with Crippen molar-refractivity contribution in [2.75, 3.05) is 24.5 Å². The van der Waals surface area contributed by atoms with Crippen molar-refractivity contribution in [3.63, 3.8) is 0 Å². The van der Waals surface area contributed by atoms with Crippen molar-refractivity contribution in [1.82, 2.24) is 4.90 Å². The van der Waals surface area contributed by atoms with E-state index < -0.39 is 11.7 Å². The number of hydrogen-bond donors (Lipinski definition) is 0. The maximum atomic E-state index is 12.8. The molecule has 1 aliphatic rings. The molecule has 0 aromatic heterocycles. The van der Waals surface area contributed by atoms with Gasteiger partial charge in [-0.25, -0.2) is 0 Å². The highest BCUT2D eigenvalue weighted by atomic mass is 19.4. The lowest BCUT2D eigenvalue weighted by molar-refractivity contribution is -0.137. The molecule has 0 spiro atoms. The van der Waals surface area contributed by atoms with Crippen LogP contribution in [-0.4, -0.2) is 30.4 Å². The Hall–Kier alpha value is -2.34. The molecule has 1 heterocycles. The number of carbonyl (C=O) groups excluding carboxylic acids is 1. The highest BCUT2D eigenvalue weighted by Crippen LogP contribution is 2.32. The molecule has 2 aromatic carbocycles. The van der Waals surface area contributed by atoms with E-state index in [1.54, 1.807) is 6.07 Å². The van der Waals surface area contributed by atoms with Crippen LogP contribution in [0.3, 0.4) is 0 Å². The minimum Gasteiger partial charge on any atom is -0.310 e. The third-order valence-corrected chi connectivity index (χ3v) is 4.03. The molecule has 3 nitrogen and oxygen atoms in total. The first kappa shape index (κ1) is 16.5. The molecule has 1 amide bonds. The first-order chi connectivity index (χ1) is 11.4. The molecule has 24 heavy (non-hydrogen) atoms. The molecular formula is C18H17F3N2O. The van der Waals surface area contributed by atoms with Crippen LogP contribution < -0.4 is 4.90 Å². The van der Waals surface area contributed by atoms with Crippen molar-refractivity contribution in [2.24, 2.45) is 0 Å². The Bertz CT molecular complexity index is 716. The predicted molar refractivity (Wildman–Crippen MR) is 85.5 cm³/mol. The average molecular weight is 334 g/mol. The topological polar surface area (TPSA) is 23.6 Å². The summed E-state index contributed by atoms with van der Waals surface area (Å²) in [6.45, 7) is 1.86. The fourth-order valence-corrected chi connectivity index (χ4v) is 2.82. The van der Waals surface area contributed by atoms with Gasteiger partial charge in [-0.05, 0) is 23.8 Å². The first-order valence-electron chi connectivity index (χ1n) is 7.67. The molecule has 6 heteroatoms. The lowest BCUT2D eigenvalue weighted by Gasteiger charge is -2.34. The Morgan fingerprint density at radius 1 is 0.958 bits per heavy atom. The molecule has 2 aromatic rings. The Morgan fingerprint density at radius 2 is 1.71 bits per heavy atom. The van der Waals surface area contributed by atoms with Gasteiger partial charge in [-0.1, -0.05) is 36.4 Å². The normalized spacial score (nSPS) is 16.5. The van der Waals surface area contributed by atoms with Gasteiger partial charge in [0.05, 0.1) is 12.1 Å². The maximum Gasteiger partial charge on any atom is 0.416 e. The SMILES string of the molecule is O=C1CN(Cc2ccccc2)CCN1c1cccc(C(F)(F)F)c1. The van der Waals surface area contributed by atoms with Crippen LogP contribution in [0, 0.1) is 0 Å². The summed E-state index contributed by atoms with van der Waals surface area (Å²) >= 11 is 0. The third-order valence-electron chi connectivity index (χ3n) is 4.03. The molecule has 1 aliphatic heterocycles. The maximum absolute atomic E-state index is 12.8. The number of nitrogens with zero attached hydrogens (tertiary/aromatic N) is 2. The van der Waals surface area contributed by atoms with Crippen LogP contribution in [0.4, 0.5) is 18.9 Å². The van der Waals surface area contributed by atoms with Crippen LogP contribution in [0.25, 0.3) is 0 Å². The van der Waals surface area contributed by atoms with E-state index in [2.05, 4.69) is 0 Å². The van der Waals surface area contributed by atoms with Crippen LogP contribution in [-0.2, 0) is 17.5 Å². The molecule has 126 valence electrons. The minimum atomic E-state index is -4.41. The zero-order valence-corrected chi connectivity index (χ0v) is 13.0. The summed E-state index contributed by atoms with van der Waals surface area (Å²) in [6, 6.07) is 14.7. The van der Waals surface area contributed by atoms with Crippen molar-refractivity contribution in [3.05, 3.63) is 65.7 Å². The minimum absolute atomic E-state index is 0.184. The van der Waals surface area contributed by atoms with Gasteiger partial charge >= 0.3 is 6.18 Å².